The molecule has 88 valence electrons. The van der Waals surface area contributed by atoms with Gasteiger partial charge in [0, 0.05) is 18.3 Å². The summed E-state index contributed by atoms with van der Waals surface area (Å²) in [4.78, 5) is 11.7. The van der Waals surface area contributed by atoms with Crippen molar-refractivity contribution in [1.82, 2.24) is 5.32 Å². The highest BCUT2D eigenvalue weighted by Gasteiger charge is 2.11. The molecule has 0 spiro atoms. The second kappa shape index (κ2) is 6.00. The Morgan fingerprint density at radius 3 is 2.81 bits per heavy atom. The molecule has 1 aromatic rings. The van der Waals surface area contributed by atoms with Gasteiger partial charge in [0.25, 0.3) is 5.91 Å². The van der Waals surface area contributed by atoms with Gasteiger partial charge >= 0.3 is 0 Å². The van der Waals surface area contributed by atoms with E-state index in [0.717, 1.165) is 6.42 Å². The Bertz CT molecular complexity index is 364. The SMILES string of the molecule is CCCOc1cc(N)ccc1C(=O)NCC. The molecule has 0 aromatic heterocycles. The van der Waals surface area contributed by atoms with E-state index in [2.05, 4.69) is 5.32 Å². The maximum absolute atomic E-state index is 11.7. The number of nitrogen functional groups attached to an aromatic ring is 1. The molecule has 0 unspecified atom stereocenters. The van der Waals surface area contributed by atoms with Crippen LogP contribution < -0.4 is 15.8 Å². The number of nitrogens with one attached hydrogen (secondary N) is 1. The zero-order valence-electron chi connectivity index (χ0n) is 9.75. The molecule has 0 saturated heterocycles. The van der Waals surface area contributed by atoms with Crippen LogP contribution >= 0.6 is 0 Å². The summed E-state index contributed by atoms with van der Waals surface area (Å²) in [6, 6.07) is 5.06. The Morgan fingerprint density at radius 1 is 1.44 bits per heavy atom. The lowest BCUT2D eigenvalue weighted by Crippen LogP contribution is -2.23. The van der Waals surface area contributed by atoms with Crippen LogP contribution in [0.15, 0.2) is 18.2 Å². The van der Waals surface area contributed by atoms with Crippen LogP contribution in [-0.4, -0.2) is 19.1 Å². The number of anilines is 1. The summed E-state index contributed by atoms with van der Waals surface area (Å²) in [5, 5.41) is 2.74. The van der Waals surface area contributed by atoms with Crippen LogP contribution in [0.3, 0.4) is 0 Å². The highest BCUT2D eigenvalue weighted by molar-refractivity contribution is 5.97. The lowest BCUT2D eigenvalue weighted by atomic mass is 10.1. The van der Waals surface area contributed by atoms with Gasteiger partial charge in [-0.2, -0.15) is 0 Å². The molecule has 3 N–H and O–H groups in total. The molecule has 0 atom stereocenters. The van der Waals surface area contributed by atoms with Crippen molar-refractivity contribution >= 4 is 11.6 Å². The van der Waals surface area contributed by atoms with Gasteiger partial charge < -0.3 is 15.8 Å². The first-order chi connectivity index (χ1) is 7.69. The van der Waals surface area contributed by atoms with E-state index in [0.29, 0.717) is 30.2 Å². The fraction of sp³-hybridized carbons (Fsp3) is 0.417. The van der Waals surface area contributed by atoms with Crippen molar-refractivity contribution in [3.05, 3.63) is 23.8 Å². The van der Waals surface area contributed by atoms with Crippen molar-refractivity contribution in [2.24, 2.45) is 0 Å². The van der Waals surface area contributed by atoms with Gasteiger partial charge in [0.1, 0.15) is 5.75 Å². The fourth-order valence-electron chi connectivity index (χ4n) is 1.31. The number of hydrogen-bond donors (Lipinski definition) is 2. The molecule has 0 fully saturated rings. The molecule has 1 amide bonds. The lowest BCUT2D eigenvalue weighted by Gasteiger charge is -2.11. The highest BCUT2D eigenvalue weighted by atomic mass is 16.5. The predicted molar refractivity (Wildman–Crippen MR) is 64.6 cm³/mol. The average Bonchev–Trinajstić information content (AvgIpc) is 2.26. The number of rotatable bonds is 5. The molecular weight excluding hydrogens is 204 g/mol. The average molecular weight is 222 g/mol. The van der Waals surface area contributed by atoms with E-state index in [4.69, 9.17) is 10.5 Å². The number of hydrogen-bond acceptors (Lipinski definition) is 3. The number of benzene rings is 1. The van der Waals surface area contributed by atoms with E-state index >= 15 is 0 Å². The molecule has 1 rings (SSSR count). The number of ether oxygens (including phenoxy) is 1. The van der Waals surface area contributed by atoms with Crippen molar-refractivity contribution in [3.63, 3.8) is 0 Å². The number of nitrogens with two attached hydrogens (primary N) is 1. The third kappa shape index (κ3) is 3.15. The van der Waals surface area contributed by atoms with E-state index in [1.54, 1.807) is 18.2 Å². The van der Waals surface area contributed by atoms with E-state index in [1.807, 2.05) is 13.8 Å². The van der Waals surface area contributed by atoms with Gasteiger partial charge in [-0.05, 0) is 25.5 Å². The van der Waals surface area contributed by atoms with Crippen LogP contribution in [0.1, 0.15) is 30.6 Å². The van der Waals surface area contributed by atoms with Gasteiger partial charge in [0.05, 0.1) is 12.2 Å². The summed E-state index contributed by atoms with van der Waals surface area (Å²) in [6.45, 7) is 5.06. The largest absolute Gasteiger partial charge is 0.493 e. The second-order valence-corrected chi connectivity index (χ2v) is 3.46. The third-order valence-electron chi connectivity index (χ3n) is 2.05. The summed E-state index contributed by atoms with van der Waals surface area (Å²) in [6.07, 6.45) is 0.892. The Morgan fingerprint density at radius 2 is 2.19 bits per heavy atom. The molecule has 0 bridgehead atoms. The van der Waals surface area contributed by atoms with Crippen LogP contribution in [0.25, 0.3) is 0 Å². The van der Waals surface area contributed by atoms with Crippen molar-refractivity contribution in [2.45, 2.75) is 20.3 Å². The van der Waals surface area contributed by atoms with E-state index in [9.17, 15) is 4.79 Å². The fourth-order valence-corrected chi connectivity index (χ4v) is 1.31. The standard InChI is InChI=1S/C12H18N2O2/c1-3-7-16-11-8-9(13)5-6-10(11)12(15)14-4-2/h5-6,8H,3-4,7,13H2,1-2H3,(H,14,15). The number of carbonyl (C=O) groups excluding carboxylic acids is 1. The first kappa shape index (κ1) is 12.4. The minimum absolute atomic E-state index is 0.131. The number of carbonyl (C=O) groups is 1. The Labute approximate surface area is 95.8 Å². The maximum Gasteiger partial charge on any atom is 0.255 e. The van der Waals surface area contributed by atoms with Gasteiger partial charge in [-0.1, -0.05) is 6.92 Å². The van der Waals surface area contributed by atoms with E-state index in [1.165, 1.54) is 0 Å². The molecule has 0 aliphatic carbocycles. The van der Waals surface area contributed by atoms with Crippen molar-refractivity contribution in [2.75, 3.05) is 18.9 Å². The summed E-state index contributed by atoms with van der Waals surface area (Å²) < 4.78 is 5.49. The van der Waals surface area contributed by atoms with Gasteiger partial charge in [-0.3, -0.25) is 4.79 Å². The van der Waals surface area contributed by atoms with E-state index < -0.39 is 0 Å². The van der Waals surface area contributed by atoms with Crippen molar-refractivity contribution in [3.8, 4) is 5.75 Å². The molecule has 4 heteroatoms. The molecule has 0 heterocycles. The third-order valence-corrected chi connectivity index (χ3v) is 2.05. The van der Waals surface area contributed by atoms with Crippen LogP contribution in [0, 0.1) is 0 Å². The van der Waals surface area contributed by atoms with Crippen LogP contribution in [0.2, 0.25) is 0 Å². The quantitative estimate of drug-likeness (QED) is 0.747. The Hall–Kier alpha value is -1.71. The van der Waals surface area contributed by atoms with Gasteiger partial charge in [-0.15, -0.1) is 0 Å². The molecular formula is C12H18N2O2. The number of amides is 1. The van der Waals surface area contributed by atoms with E-state index in [-0.39, 0.29) is 5.91 Å². The minimum Gasteiger partial charge on any atom is -0.493 e. The maximum atomic E-state index is 11.7. The zero-order valence-corrected chi connectivity index (χ0v) is 9.75. The summed E-state index contributed by atoms with van der Waals surface area (Å²) in [5.74, 6) is 0.418. The molecule has 0 saturated carbocycles. The molecule has 0 radical (unpaired) electrons. The molecule has 0 aliphatic rings. The van der Waals surface area contributed by atoms with Crippen molar-refractivity contribution in [1.29, 1.82) is 0 Å². The van der Waals surface area contributed by atoms with Crippen molar-refractivity contribution < 1.29 is 9.53 Å². The minimum atomic E-state index is -0.131. The van der Waals surface area contributed by atoms with Crippen LogP contribution in [0.5, 0.6) is 5.75 Å². The van der Waals surface area contributed by atoms with Gasteiger partial charge in [0.2, 0.25) is 0 Å². The smallest absolute Gasteiger partial charge is 0.255 e. The first-order valence-electron chi connectivity index (χ1n) is 5.49. The van der Waals surface area contributed by atoms with Gasteiger partial charge in [0.15, 0.2) is 0 Å². The summed E-state index contributed by atoms with van der Waals surface area (Å²) in [7, 11) is 0. The zero-order chi connectivity index (χ0) is 12.0. The lowest BCUT2D eigenvalue weighted by molar-refractivity contribution is 0.0952. The Kier molecular flexibility index (Phi) is 4.64. The topological polar surface area (TPSA) is 64.3 Å². The molecule has 4 nitrogen and oxygen atoms in total. The molecule has 16 heavy (non-hydrogen) atoms. The summed E-state index contributed by atoms with van der Waals surface area (Å²) in [5.41, 5.74) is 6.79. The predicted octanol–water partition coefficient (Wildman–Crippen LogP) is 1.81. The normalized spacial score (nSPS) is 9.88. The molecule has 1 aromatic carbocycles. The Balaban J connectivity index is 2.92. The van der Waals surface area contributed by atoms with Crippen LogP contribution in [-0.2, 0) is 0 Å². The second-order valence-electron chi connectivity index (χ2n) is 3.46. The van der Waals surface area contributed by atoms with Gasteiger partial charge in [-0.25, -0.2) is 0 Å². The molecule has 0 aliphatic heterocycles. The summed E-state index contributed by atoms with van der Waals surface area (Å²) >= 11 is 0. The first-order valence-corrected chi connectivity index (χ1v) is 5.49. The highest BCUT2D eigenvalue weighted by Crippen LogP contribution is 2.22. The monoisotopic (exact) mass is 222 g/mol. The van der Waals surface area contributed by atoms with Crippen LogP contribution in [0.4, 0.5) is 5.69 Å².